The Morgan fingerprint density at radius 3 is 2.70 bits per heavy atom. The zero-order chi connectivity index (χ0) is 38.8. The Hall–Kier alpha value is -4.98. The van der Waals surface area contributed by atoms with Crippen molar-refractivity contribution >= 4 is 34.7 Å². The molecule has 11 rings (SSSR count). The van der Waals surface area contributed by atoms with E-state index in [4.69, 9.17) is 28.1 Å². The van der Waals surface area contributed by atoms with Crippen LogP contribution >= 0.6 is 11.8 Å². The van der Waals surface area contributed by atoms with Gasteiger partial charge in [-0.3, -0.25) is 15.0 Å². The number of furan rings is 1. The number of nitrogens with zero attached hydrogens (tertiary/aromatic N) is 2. The average molecular weight is 781 g/mol. The minimum absolute atomic E-state index is 0.0172. The zero-order valence-electron chi connectivity index (χ0n) is 31.1. The van der Waals surface area contributed by atoms with E-state index >= 15 is 0 Å². The van der Waals surface area contributed by atoms with Crippen molar-refractivity contribution in [2.24, 2.45) is 0 Å². The number of nitriles is 1. The average Bonchev–Trinajstić information content (AvgIpc) is 3.83. The number of esters is 2. The van der Waals surface area contributed by atoms with Crippen molar-refractivity contribution in [2.75, 3.05) is 32.9 Å². The maximum absolute atomic E-state index is 14.9. The van der Waals surface area contributed by atoms with Crippen molar-refractivity contribution in [1.82, 2.24) is 15.5 Å². The number of thioether (sulfide) groups is 1. The number of hydrogen-bond donors (Lipinski definition) is 4. The summed E-state index contributed by atoms with van der Waals surface area (Å²) in [6.07, 6.45) is 0.888. The number of aromatic hydroxyl groups is 1. The topological polar surface area (TPSA) is 185 Å². The summed E-state index contributed by atoms with van der Waals surface area (Å²) < 4.78 is 37.1. The van der Waals surface area contributed by atoms with E-state index in [9.17, 15) is 25.1 Å². The molecule has 0 amide bonds. The Kier molecular flexibility index (Phi) is 8.08. The lowest BCUT2D eigenvalue weighted by molar-refractivity contribution is -0.157. The number of aliphatic hydroxyl groups is 1. The Morgan fingerprint density at radius 1 is 1.12 bits per heavy atom. The number of phenols is 1. The van der Waals surface area contributed by atoms with E-state index in [-0.39, 0.29) is 37.6 Å². The largest absolute Gasteiger partial charge is 0.504 e. The molecular weight excluding hydrogens is 741 g/mol. The van der Waals surface area contributed by atoms with E-state index < -0.39 is 52.9 Å². The second-order valence-corrected chi connectivity index (χ2v) is 16.6. The molecule has 2 fully saturated rings. The predicted octanol–water partition coefficient (Wildman–Crippen LogP) is 4.04. The van der Waals surface area contributed by atoms with Gasteiger partial charge in [0.2, 0.25) is 6.79 Å². The van der Waals surface area contributed by atoms with Gasteiger partial charge in [-0.1, -0.05) is 24.3 Å². The second-order valence-electron chi connectivity index (χ2n) is 15.4. The molecule has 7 aliphatic heterocycles. The van der Waals surface area contributed by atoms with Crippen molar-refractivity contribution < 1.29 is 47.9 Å². The number of piperazine rings is 1. The quantitative estimate of drug-likeness (QED) is 0.172. The van der Waals surface area contributed by atoms with Gasteiger partial charge in [-0.05, 0) is 43.9 Å². The monoisotopic (exact) mass is 780 g/mol. The van der Waals surface area contributed by atoms with Gasteiger partial charge >= 0.3 is 11.9 Å². The number of phenolic OH excluding ortho intramolecular Hbond substituents is 1. The highest BCUT2D eigenvalue weighted by Crippen LogP contribution is 2.63. The number of aliphatic hydroxyl groups excluding tert-OH is 1. The van der Waals surface area contributed by atoms with Gasteiger partial charge in [-0.15, -0.1) is 11.8 Å². The molecule has 4 N–H and O–H groups in total. The van der Waals surface area contributed by atoms with Crippen LogP contribution < -0.4 is 29.6 Å². The number of aryl methyl sites for hydroxylation is 1. The summed E-state index contributed by atoms with van der Waals surface area (Å²) in [6, 6.07) is 8.73. The lowest BCUT2D eigenvalue weighted by Gasteiger charge is -2.59. The Morgan fingerprint density at radius 2 is 1.93 bits per heavy atom. The molecule has 7 aliphatic rings. The molecule has 0 saturated carbocycles. The molecule has 1 aromatic heterocycles. The van der Waals surface area contributed by atoms with E-state index in [2.05, 4.69) is 21.6 Å². The standard InChI is InChI=1S/C41H40N4O10S/c1-17-9-20-10-24-25(12-42)45-26-14-51-40(49)41(39-23(11-21(13-46)44-41)22-7-5-6-8-27(22)55-39)15-56-38(32(45)31(43-24)28(20)33(48)34(17)50-4)30-29(26)37-36(52-16-53-37)18(2)35(30)54-19(3)47/h5-9,21,24-26,31-32,38,43-44,46,48H,10-11,13-16H2,1-4H3/t21-,24-,25-,26-,31+,32+,38+,41+/m0/s1. The summed E-state index contributed by atoms with van der Waals surface area (Å²) in [4.78, 5) is 30.0. The molecule has 0 radical (unpaired) electrons. The molecule has 290 valence electrons. The van der Waals surface area contributed by atoms with Gasteiger partial charge in [0.25, 0.3) is 0 Å². The van der Waals surface area contributed by atoms with Gasteiger partial charge in [-0.25, -0.2) is 4.79 Å². The van der Waals surface area contributed by atoms with E-state index in [0.29, 0.717) is 69.4 Å². The van der Waals surface area contributed by atoms with Gasteiger partial charge in [0.15, 0.2) is 28.5 Å². The Bertz CT molecular complexity index is 2410. The summed E-state index contributed by atoms with van der Waals surface area (Å²) >= 11 is 1.43. The van der Waals surface area contributed by atoms with Gasteiger partial charge in [0, 0.05) is 64.0 Å². The smallest absolute Gasteiger partial charge is 0.335 e. The van der Waals surface area contributed by atoms with Crippen LogP contribution in [-0.2, 0) is 32.7 Å². The molecule has 56 heavy (non-hydrogen) atoms. The third kappa shape index (κ3) is 4.77. The number of fused-ring (bicyclic) bond motifs is 11. The number of ether oxygens (including phenoxy) is 5. The van der Waals surface area contributed by atoms with Crippen LogP contribution in [0.4, 0.5) is 0 Å². The first-order valence-corrected chi connectivity index (χ1v) is 19.8. The van der Waals surface area contributed by atoms with Crippen molar-refractivity contribution in [1.29, 1.82) is 5.26 Å². The van der Waals surface area contributed by atoms with Crippen molar-refractivity contribution in [2.45, 2.75) is 80.7 Å². The van der Waals surface area contributed by atoms with Crippen LogP contribution in [0.1, 0.15) is 69.0 Å². The number of para-hydroxylation sites is 1. The van der Waals surface area contributed by atoms with Crippen molar-refractivity contribution in [3.8, 4) is 34.8 Å². The van der Waals surface area contributed by atoms with Gasteiger partial charge in [0.05, 0.1) is 37.1 Å². The highest BCUT2D eigenvalue weighted by atomic mass is 32.2. The Labute approximate surface area is 326 Å². The molecule has 8 heterocycles. The van der Waals surface area contributed by atoms with Crippen LogP contribution in [-0.4, -0.2) is 84.1 Å². The molecule has 8 atom stereocenters. The van der Waals surface area contributed by atoms with Gasteiger partial charge in [-0.2, -0.15) is 5.26 Å². The molecule has 2 saturated heterocycles. The lowest BCUT2D eigenvalue weighted by atomic mass is 9.72. The highest BCUT2D eigenvalue weighted by molar-refractivity contribution is 7.99. The number of nitrogens with one attached hydrogen (secondary N) is 2. The summed E-state index contributed by atoms with van der Waals surface area (Å²) in [5.74, 6) is 0.937. The molecule has 0 unspecified atom stereocenters. The molecule has 0 aliphatic carbocycles. The second kappa shape index (κ2) is 12.8. The van der Waals surface area contributed by atoms with Crippen LogP contribution in [0.15, 0.2) is 34.7 Å². The summed E-state index contributed by atoms with van der Waals surface area (Å²) in [6.45, 7) is 4.53. The molecule has 15 heteroatoms. The summed E-state index contributed by atoms with van der Waals surface area (Å²) in [7, 11) is 1.53. The fourth-order valence-corrected chi connectivity index (χ4v) is 12.0. The van der Waals surface area contributed by atoms with Crippen molar-refractivity contribution in [3.63, 3.8) is 0 Å². The van der Waals surface area contributed by atoms with E-state index in [1.54, 1.807) is 0 Å². The molecule has 14 nitrogen and oxygen atoms in total. The number of rotatable bonds is 3. The molecular formula is C41H40N4O10S. The zero-order valence-corrected chi connectivity index (χ0v) is 32.0. The summed E-state index contributed by atoms with van der Waals surface area (Å²) in [5.41, 5.74) is 4.10. The number of carbonyl (C=O) groups excluding carboxylic acids is 2. The van der Waals surface area contributed by atoms with Crippen LogP contribution in [0, 0.1) is 25.2 Å². The van der Waals surface area contributed by atoms with Crippen LogP contribution in [0.2, 0.25) is 0 Å². The SMILES string of the molecule is COc1c(C)cc2c(c1O)[C@H]1N[C@@H](C2)[C@H](C#N)N2[C@H]1[C@@H]1SC[C@]3(N[C@H](CO)Cc4c3oc3ccccc43)C(=O)OC[C@H]2c2c3c(c(C)c(OC(C)=O)c21)OCO3. The number of methoxy groups -OCH3 is 1. The van der Waals surface area contributed by atoms with Crippen LogP contribution in [0.5, 0.6) is 28.7 Å². The number of benzene rings is 3. The van der Waals surface area contributed by atoms with E-state index in [1.165, 1.54) is 25.8 Å². The first kappa shape index (κ1) is 35.4. The Balaban J connectivity index is 1.24. The van der Waals surface area contributed by atoms with E-state index in [0.717, 1.165) is 22.1 Å². The highest BCUT2D eigenvalue weighted by Gasteiger charge is 2.61. The molecule has 4 aromatic rings. The predicted molar refractivity (Wildman–Crippen MR) is 201 cm³/mol. The molecule has 3 aromatic carbocycles. The van der Waals surface area contributed by atoms with Gasteiger partial charge < -0.3 is 43.6 Å². The first-order chi connectivity index (χ1) is 27.1. The number of carbonyl (C=O) groups is 2. The lowest BCUT2D eigenvalue weighted by Crippen LogP contribution is -2.69. The summed E-state index contributed by atoms with van der Waals surface area (Å²) in [5, 5.41) is 41.1. The van der Waals surface area contributed by atoms with Gasteiger partial charge in [0.1, 0.15) is 29.7 Å². The minimum atomic E-state index is -1.54. The maximum Gasteiger partial charge on any atom is 0.335 e. The van der Waals surface area contributed by atoms with E-state index in [1.807, 2.05) is 44.2 Å². The molecule has 4 bridgehead atoms. The van der Waals surface area contributed by atoms with Crippen LogP contribution in [0.25, 0.3) is 11.0 Å². The maximum atomic E-state index is 14.9. The fourth-order valence-electron chi connectivity index (χ4n) is 10.3. The normalized spacial score (nSPS) is 29.8. The third-order valence-electron chi connectivity index (χ3n) is 12.4. The minimum Gasteiger partial charge on any atom is -0.504 e. The third-order valence-corrected chi connectivity index (χ3v) is 13.9. The number of hydrogen-bond acceptors (Lipinski definition) is 15. The fraction of sp³-hybridized carbons (Fsp3) is 0.439. The first-order valence-electron chi connectivity index (χ1n) is 18.7. The van der Waals surface area contributed by atoms with Crippen molar-refractivity contribution in [3.05, 3.63) is 75.0 Å². The molecule has 1 spiro atoms. The van der Waals surface area contributed by atoms with Crippen LogP contribution in [0.3, 0.4) is 0 Å².